The van der Waals surface area contributed by atoms with Gasteiger partial charge in [-0.1, -0.05) is 31.9 Å². The molecule has 0 unspecified atom stereocenters. The van der Waals surface area contributed by atoms with Gasteiger partial charge in [0.15, 0.2) is 0 Å². The molecule has 0 bridgehead atoms. The average molecular weight is 366 g/mol. The lowest BCUT2D eigenvalue weighted by molar-refractivity contribution is -0.131. The van der Waals surface area contributed by atoms with Gasteiger partial charge in [-0.3, -0.25) is 4.79 Å². The monoisotopic (exact) mass is 364 g/mol. The van der Waals surface area contributed by atoms with Crippen LogP contribution in [-0.4, -0.2) is 19.0 Å². The smallest absolute Gasteiger partial charge is 0.341 e. The van der Waals surface area contributed by atoms with Crippen molar-refractivity contribution in [3.8, 4) is 5.75 Å². The predicted molar refractivity (Wildman–Crippen MR) is 69.4 cm³/mol. The van der Waals surface area contributed by atoms with Gasteiger partial charge in [0.05, 0.1) is 7.11 Å². The lowest BCUT2D eigenvalue weighted by atomic mass is 10.1. The normalized spacial score (nSPS) is 9.88. The van der Waals surface area contributed by atoms with E-state index in [1.807, 2.05) is 0 Å². The van der Waals surface area contributed by atoms with Gasteiger partial charge in [0.25, 0.3) is 0 Å². The van der Waals surface area contributed by atoms with Gasteiger partial charge in [-0.2, -0.15) is 0 Å². The van der Waals surface area contributed by atoms with Crippen molar-refractivity contribution in [2.24, 2.45) is 0 Å². The van der Waals surface area contributed by atoms with Crippen LogP contribution in [0.25, 0.3) is 0 Å². The molecule has 1 aromatic rings. The molecule has 0 atom stereocenters. The van der Waals surface area contributed by atoms with Crippen molar-refractivity contribution in [1.29, 1.82) is 0 Å². The predicted octanol–water partition coefficient (Wildman–Crippen LogP) is 3.06. The number of methoxy groups -OCH3 is 1. The highest BCUT2D eigenvalue weighted by atomic mass is 79.9. The van der Waals surface area contributed by atoms with Crippen LogP contribution in [0.15, 0.2) is 16.6 Å². The lowest BCUT2D eigenvalue weighted by Crippen LogP contribution is -2.09. The molecule has 1 rings (SSSR count). The topological polar surface area (TPSA) is 52.6 Å². The van der Waals surface area contributed by atoms with E-state index in [1.165, 1.54) is 14.0 Å². The second-order valence-corrected chi connectivity index (χ2v) is 4.57. The molecule has 92 valence electrons. The minimum Gasteiger partial charge on any atom is -0.465 e. The molecule has 0 saturated heterocycles. The summed E-state index contributed by atoms with van der Waals surface area (Å²) in [6.07, 6.45) is 0. The Morgan fingerprint density at radius 3 is 2.47 bits per heavy atom. The fraction of sp³-hybridized carbons (Fsp3) is 0.273. The fourth-order valence-corrected chi connectivity index (χ4v) is 2.51. The molecule has 0 amide bonds. The van der Waals surface area contributed by atoms with Crippen molar-refractivity contribution in [2.45, 2.75) is 12.3 Å². The van der Waals surface area contributed by atoms with Gasteiger partial charge in [0.2, 0.25) is 0 Å². The summed E-state index contributed by atoms with van der Waals surface area (Å²) in [4.78, 5) is 22.5. The van der Waals surface area contributed by atoms with Crippen molar-refractivity contribution in [2.75, 3.05) is 7.11 Å². The van der Waals surface area contributed by atoms with Crippen LogP contribution in [0.1, 0.15) is 22.8 Å². The maximum absolute atomic E-state index is 11.6. The van der Waals surface area contributed by atoms with Crippen molar-refractivity contribution < 1.29 is 19.1 Å². The summed E-state index contributed by atoms with van der Waals surface area (Å²) in [6.45, 7) is 1.27. The molecule has 0 aromatic heterocycles. The molecule has 0 N–H and O–H groups in total. The zero-order chi connectivity index (χ0) is 13.0. The van der Waals surface area contributed by atoms with E-state index in [2.05, 4.69) is 36.6 Å². The number of benzene rings is 1. The fourth-order valence-electron chi connectivity index (χ4n) is 1.21. The molecule has 0 aliphatic heterocycles. The Balaban J connectivity index is 3.30. The van der Waals surface area contributed by atoms with E-state index in [4.69, 9.17) is 4.74 Å². The second-order valence-electron chi connectivity index (χ2n) is 3.16. The average Bonchev–Trinajstić information content (AvgIpc) is 2.27. The minimum absolute atomic E-state index is 0.181. The Labute approximate surface area is 116 Å². The number of halogens is 2. The van der Waals surface area contributed by atoms with Crippen LogP contribution in [0.5, 0.6) is 5.75 Å². The van der Waals surface area contributed by atoms with Crippen molar-refractivity contribution in [3.63, 3.8) is 0 Å². The summed E-state index contributed by atoms with van der Waals surface area (Å²) >= 11 is 6.63. The van der Waals surface area contributed by atoms with Crippen LogP contribution < -0.4 is 4.74 Å². The first-order valence-corrected chi connectivity index (χ1v) is 6.56. The minimum atomic E-state index is -0.545. The quantitative estimate of drug-likeness (QED) is 0.469. The van der Waals surface area contributed by atoms with E-state index < -0.39 is 11.9 Å². The number of esters is 2. The van der Waals surface area contributed by atoms with Gasteiger partial charge < -0.3 is 9.47 Å². The van der Waals surface area contributed by atoms with E-state index in [0.29, 0.717) is 5.33 Å². The number of ether oxygens (including phenoxy) is 2. The molecule has 6 heteroatoms. The van der Waals surface area contributed by atoms with Crippen molar-refractivity contribution in [1.82, 2.24) is 0 Å². The molecular formula is C11H10Br2O4. The molecule has 0 saturated carbocycles. The van der Waals surface area contributed by atoms with E-state index in [9.17, 15) is 9.59 Å². The molecule has 0 aliphatic carbocycles. The van der Waals surface area contributed by atoms with Crippen LogP contribution in [0.3, 0.4) is 0 Å². The summed E-state index contributed by atoms with van der Waals surface area (Å²) in [7, 11) is 1.27. The van der Waals surface area contributed by atoms with Gasteiger partial charge in [0, 0.05) is 16.7 Å². The van der Waals surface area contributed by atoms with Crippen molar-refractivity contribution >= 4 is 43.8 Å². The van der Waals surface area contributed by atoms with E-state index in [1.54, 1.807) is 12.1 Å². The van der Waals surface area contributed by atoms with E-state index >= 15 is 0 Å². The Kier molecular flexibility index (Phi) is 5.14. The summed E-state index contributed by atoms with van der Waals surface area (Å²) in [5.41, 5.74) is 1.08. The van der Waals surface area contributed by atoms with Gasteiger partial charge in [-0.05, 0) is 17.7 Å². The first kappa shape index (κ1) is 14.2. The highest BCUT2D eigenvalue weighted by Crippen LogP contribution is 2.29. The van der Waals surface area contributed by atoms with Crippen LogP contribution in [0.4, 0.5) is 0 Å². The van der Waals surface area contributed by atoms with E-state index in [0.717, 1.165) is 10.0 Å². The number of hydrogen-bond acceptors (Lipinski definition) is 4. The zero-order valence-electron chi connectivity index (χ0n) is 9.25. The molecule has 0 spiro atoms. The number of alkyl halides is 1. The maximum Gasteiger partial charge on any atom is 0.341 e. The number of hydrogen-bond donors (Lipinski definition) is 0. The Hall–Kier alpha value is -0.880. The first-order chi connectivity index (χ1) is 7.99. The van der Waals surface area contributed by atoms with Crippen molar-refractivity contribution in [3.05, 3.63) is 27.7 Å². The number of carbonyl (C=O) groups is 2. The maximum atomic E-state index is 11.6. The second kappa shape index (κ2) is 6.16. The van der Waals surface area contributed by atoms with Crippen LogP contribution >= 0.6 is 31.9 Å². The number of rotatable bonds is 3. The SMILES string of the molecule is COC(=O)c1cc(CBr)c(Br)cc1OC(C)=O. The summed E-state index contributed by atoms with van der Waals surface area (Å²) in [5, 5.41) is 0.567. The summed E-state index contributed by atoms with van der Waals surface area (Å²) < 4.78 is 10.3. The standard InChI is InChI=1S/C11H10Br2O4/c1-6(14)17-10-4-9(13)7(5-12)3-8(10)11(15)16-2/h3-4H,5H2,1-2H3. The largest absolute Gasteiger partial charge is 0.465 e. The lowest BCUT2D eigenvalue weighted by Gasteiger charge is -2.10. The van der Waals surface area contributed by atoms with Crippen LogP contribution in [0, 0.1) is 0 Å². The highest BCUT2D eigenvalue weighted by Gasteiger charge is 2.17. The van der Waals surface area contributed by atoms with Crippen LogP contribution in [-0.2, 0) is 14.9 Å². The molecule has 0 aliphatic rings. The third-order valence-electron chi connectivity index (χ3n) is 1.95. The zero-order valence-corrected chi connectivity index (χ0v) is 12.4. The molecule has 0 fully saturated rings. The third kappa shape index (κ3) is 3.54. The first-order valence-electron chi connectivity index (χ1n) is 4.64. The Morgan fingerprint density at radius 1 is 1.35 bits per heavy atom. The number of carbonyl (C=O) groups excluding carboxylic acids is 2. The Morgan fingerprint density at radius 2 is 2.00 bits per heavy atom. The van der Waals surface area contributed by atoms with Gasteiger partial charge in [-0.25, -0.2) is 4.79 Å². The molecule has 0 heterocycles. The summed E-state index contributed by atoms with van der Waals surface area (Å²) in [6, 6.07) is 3.19. The molecule has 17 heavy (non-hydrogen) atoms. The third-order valence-corrected chi connectivity index (χ3v) is 3.29. The van der Waals surface area contributed by atoms with Gasteiger partial charge in [-0.15, -0.1) is 0 Å². The molecule has 1 aromatic carbocycles. The summed E-state index contributed by atoms with van der Waals surface area (Å²) in [5.74, 6) is -0.856. The highest BCUT2D eigenvalue weighted by molar-refractivity contribution is 9.10. The molecule has 0 radical (unpaired) electrons. The molecular weight excluding hydrogens is 356 g/mol. The van der Waals surface area contributed by atoms with Gasteiger partial charge in [0.1, 0.15) is 11.3 Å². The van der Waals surface area contributed by atoms with Crippen LogP contribution in [0.2, 0.25) is 0 Å². The Bertz CT molecular complexity index is 457. The van der Waals surface area contributed by atoms with Gasteiger partial charge >= 0.3 is 11.9 Å². The van der Waals surface area contributed by atoms with E-state index in [-0.39, 0.29) is 11.3 Å². The molecule has 4 nitrogen and oxygen atoms in total.